The van der Waals surface area contributed by atoms with Crippen molar-refractivity contribution in [1.29, 1.82) is 5.26 Å². The summed E-state index contributed by atoms with van der Waals surface area (Å²) >= 11 is 0. The molecule has 88 valence electrons. The molecule has 0 aliphatic heterocycles. The van der Waals surface area contributed by atoms with Crippen LogP contribution in [0.5, 0.6) is 0 Å². The number of hydrogen-bond donors (Lipinski definition) is 2. The Balaban J connectivity index is 2.85. The normalized spacial score (nSPS) is 9.24. The molecule has 0 heterocycles. The van der Waals surface area contributed by atoms with Gasteiger partial charge in [-0.2, -0.15) is 5.26 Å². The van der Waals surface area contributed by atoms with Gasteiger partial charge < -0.3 is 10.6 Å². The Morgan fingerprint density at radius 3 is 2.71 bits per heavy atom. The number of carbonyl (C=O) groups is 2. The smallest absolute Gasteiger partial charge is 0.238 e. The summed E-state index contributed by atoms with van der Waals surface area (Å²) < 4.78 is 13.2. The summed E-state index contributed by atoms with van der Waals surface area (Å²) in [6.45, 7) is 1.25. The molecular formula is C11H10FN3O2. The van der Waals surface area contributed by atoms with Crippen LogP contribution in [-0.2, 0) is 9.59 Å². The van der Waals surface area contributed by atoms with E-state index in [4.69, 9.17) is 5.26 Å². The van der Waals surface area contributed by atoms with Crippen molar-refractivity contribution in [1.82, 2.24) is 0 Å². The first kappa shape index (κ1) is 12.6. The van der Waals surface area contributed by atoms with Crippen LogP contribution in [0.15, 0.2) is 18.2 Å². The summed E-state index contributed by atoms with van der Waals surface area (Å²) in [4.78, 5) is 21.9. The third-order valence-electron chi connectivity index (χ3n) is 1.80. The molecule has 2 N–H and O–H groups in total. The van der Waals surface area contributed by atoms with Crippen molar-refractivity contribution in [2.45, 2.75) is 13.3 Å². The summed E-state index contributed by atoms with van der Waals surface area (Å²) in [6.07, 6.45) is -0.285. The van der Waals surface area contributed by atoms with Crippen LogP contribution in [0.4, 0.5) is 15.8 Å². The SMILES string of the molecule is CC(=O)Nc1cc(NC(=O)CC#N)ccc1F. The lowest BCUT2D eigenvalue weighted by atomic mass is 10.2. The molecule has 0 spiro atoms. The topological polar surface area (TPSA) is 82.0 Å². The number of rotatable bonds is 3. The largest absolute Gasteiger partial charge is 0.325 e. The highest BCUT2D eigenvalue weighted by Crippen LogP contribution is 2.19. The average molecular weight is 235 g/mol. The number of anilines is 2. The third kappa shape index (κ3) is 3.91. The van der Waals surface area contributed by atoms with Gasteiger partial charge in [0.25, 0.3) is 0 Å². The molecule has 1 rings (SSSR count). The molecule has 1 aromatic carbocycles. The minimum atomic E-state index is -0.599. The molecule has 0 atom stereocenters. The standard InChI is InChI=1S/C11H10FN3O2/c1-7(16)14-10-6-8(2-3-9(10)12)15-11(17)4-5-13/h2-3,6H,4H2,1H3,(H,14,16)(H,15,17). The fourth-order valence-corrected chi connectivity index (χ4v) is 1.17. The van der Waals surface area contributed by atoms with Crippen LogP contribution in [0.3, 0.4) is 0 Å². The zero-order chi connectivity index (χ0) is 12.8. The minimum Gasteiger partial charge on any atom is -0.325 e. The molecule has 0 fully saturated rings. The molecule has 0 unspecified atom stereocenters. The van der Waals surface area contributed by atoms with Crippen molar-refractivity contribution >= 4 is 23.2 Å². The van der Waals surface area contributed by atoms with E-state index in [0.29, 0.717) is 5.69 Å². The van der Waals surface area contributed by atoms with E-state index in [-0.39, 0.29) is 12.1 Å². The molecule has 5 nitrogen and oxygen atoms in total. The first-order valence-corrected chi connectivity index (χ1v) is 4.77. The van der Waals surface area contributed by atoms with E-state index < -0.39 is 17.6 Å². The van der Waals surface area contributed by atoms with E-state index in [9.17, 15) is 14.0 Å². The lowest BCUT2D eigenvalue weighted by Crippen LogP contribution is -2.12. The second kappa shape index (κ2) is 5.61. The number of hydrogen-bond acceptors (Lipinski definition) is 3. The van der Waals surface area contributed by atoms with Gasteiger partial charge in [0.1, 0.15) is 12.2 Å². The van der Waals surface area contributed by atoms with Gasteiger partial charge in [0.2, 0.25) is 11.8 Å². The molecule has 0 saturated heterocycles. The third-order valence-corrected chi connectivity index (χ3v) is 1.80. The van der Waals surface area contributed by atoms with Gasteiger partial charge in [-0.05, 0) is 18.2 Å². The van der Waals surface area contributed by atoms with Crippen LogP contribution in [0.2, 0.25) is 0 Å². The van der Waals surface area contributed by atoms with Crippen LogP contribution in [0, 0.1) is 17.1 Å². The van der Waals surface area contributed by atoms with Gasteiger partial charge in [0, 0.05) is 12.6 Å². The summed E-state index contributed by atoms with van der Waals surface area (Å²) in [5.41, 5.74) is 0.294. The summed E-state index contributed by atoms with van der Waals surface area (Å²) in [5, 5.41) is 13.0. The highest BCUT2D eigenvalue weighted by atomic mass is 19.1. The van der Waals surface area contributed by atoms with Crippen LogP contribution < -0.4 is 10.6 Å². The summed E-state index contributed by atoms with van der Waals surface area (Å²) in [5.74, 6) is -1.50. The monoisotopic (exact) mass is 235 g/mol. The fraction of sp³-hybridized carbons (Fsp3) is 0.182. The number of carbonyl (C=O) groups excluding carboxylic acids is 2. The van der Waals surface area contributed by atoms with E-state index >= 15 is 0 Å². The Morgan fingerprint density at radius 1 is 1.41 bits per heavy atom. The maximum atomic E-state index is 13.2. The van der Waals surface area contributed by atoms with E-state index in [1.807, 2.05) is 0 Å². The van der Waals surface area contributed by atoms with Crippen LogP contribution in [0.25, 0.3) is 0 Å². The van der Waals surface area contributed by atoms with Crippen molar-refractivity contribution in [2.75, 3.05) is 10.6 Å². The Bertz CT molecular complexity index is 494. The van der Waals surface area contributed by atoms with E-state index in [1.165, 1.54) is 19.1 Å². The van der Waals surface area contributed by atoms with Crippen molar-refractivity contribution in [2.24, 2.45) is 0 Å². The molecule has 1 aromatic rings. The number of nitrogens with zero attached hydrogens (tertiary/aromatic N) is 1. The van der Waals surface area contributed by atoms with E-state index in [2.05, 4.69) is 10.6 Å². The van der Waals surface area contributed by atoms with Crippen molar-refractivity contribution in [3.63, 3.8) is 0 Å². The lowest BCUT2D eigenvalue weighted by molar-refractivity contribution is -0.115. The predicted octanol–water partition coefficient (Wildman–Crippen LogP) is 1.64. The van der Waals surface area contributed by atoms with Crippen LogP contribution >= 0.6 is 0 Å². The Morgan fingerprint density at radius 2 is 2.12 bits per heavy atom. The zero-order valence-corrected chi connectivity index (χ0v) is 9.08. The van der Waals surface area contributed by atoms with Gasteiger partial charge >= 0.3 is 0 Å². The van der Waals surface area contributed by atoms with Crippen molar-refractivity contribution < 1.29 is 14.0 Å². The Kier molecular flexibility index (Phi) is 4.17. The molecule has 0 saturated carbocycles. The number of amides is 2. The van der Waals surface area contributed by atoms with Gasteiger partial charge in [-0.25, -0.2) is 4.39 Å². The maximum absolute atomic E-state index is 13.2. The molecule has 6 heteroatoms. The molecule has 0 bridgehead atoms. The van der Waals surface area contributed by atoms with E-state index in [0.717, 1.165) is 6.07 Å². The molecular weight excluding hydrogens is 225 g/mol. The van der Waals surface area contributed by atoms with Gasteiger partial charge in [-0.1, -0.05) is 0 Å². The molecule has 0 aliphatic carbocycles. The van der Waals surface area contributed by atoms with Gasteiger partial charge in [0.15, 0.2) is 0 Å². The highest BCUT2D eigenvalue weighted by molar-refractivity contribution is 5.94. The number of nitriles is 1. The minimum absolute atomic E-state index is 0.0211. The predicted molar refractivity (Wildman–Crippen MR) is 59.6 cm³/mol. The Labute approximate surface area is 97.2 Å². The Hall–Kier alpha value is -2.42. The maximum Gasteiger partial charge on any atom is 0.238 e. The van der Waals surface area contributed by atoms with Crippen LogP contribution in [-0.4, -0.2) is 11.8 Å². The second-order valence-corrected chi connectivity index (χ2v) is 3.26. The molecule has 17 heavy (non-hydrogen) atoms. The fourth-order valence-electron chi connectivity index (χ4n) is 1.17. The van der Waals surface area contributed by atoms with Gasteiger partial charge in [-0.15, -0.1) is 0 Å². The molecule has 0 aliphatic rings. The molecule has 0 radical (unpaired) electrons. The number of halogens is 1. The van der Waals surface area contributed by atoms with E-state index in [1.54, 1.807) is 6.07 Å². The highest BCUT2D eigenvalue weighted by Gasteiger charge is 2.07. The first-order valence-electron chi connectivity index (χ1n) is 4.77. The average Bonchev–Trinajstić information content (AvgIpc) is 2.22. The zero-order valence-electron chi connectivity index (χ0n) is 9.08. The number of benzene rings is 1. The summed E-state index contributed by atoms with van der Waals surface area (Å²) in [7, 11) is 0. The molecule has 2 amide bonds. The quantitative estimate of drug-likeness (QED) is 0.835. The van der Waals surface area contributed by atoms with Gasteiger partial charge in [0.05, 0.1) is 11.8 Å². The van der Waals surface area contributed by atoms with Gasteiger partial charge in [-0.3, -0.25) is 9.59 Å². The van der Waals surface area contributed by atoms with Crippen LogP contribution in [0.1, 0.15) is 13.3 Å². The first-order chi connectivity index (χ1) is 8.02. The number of nitrogens with one attached hydrogen (secondary N) is 2. The second-order valence-electron chi connectivity index (χ2n) is 3.26. The van der Waals surface area contributed by atoms with Crippen molar-refractivity contribution in [3.05, 3.63) is 24.0 Å². The lowest BCUT2D eigenvalue weighted by Gasteiger charge is -2.07. The molecule has 0 aromatic heterocycles. The summed E-state index contributed by atoms with van der Waals surface area (Å²) in [6, 6.07) is 5.44. The van der Waals surface area contributed by atoms with Crippen molar-refractivity contribution in [3.8, 4) is 6.07 Å².